The molecular formula is C20H20O3. The summed E-state index contributed by atoms with van der Waals surface area (Å²) in [4.78, 5) is 10.9. The van der Waals surface area contributed by atoms with Gasteiger partial charge in [0.1, 0.15) is 12.4 Å². The van der Waals surface area contributed by atoms with Crippen LogP contribution in [0.5, 0.6) is 5.75 Å². The van der Waals surface area contributed by atoms with Crippen LogP contribution in [-0.4, -0.2) is 11.1 Å². The topological polar surface area (TPSA) is 46.5 Å². The summed E-state index contributed by atoms with van der Waals surface area (Å²) in [6, 6.07) is 15.6. The molecule has 118 valence electrons. The van der Waals surface area contributed by atoms with Crippen molar-refractivity contribution in [3.05, 3.63) is 65.2 Å². The highest BCUT2D eigenvalue weighted by molar-refractivity contribution is 5.69. The van der Waals surface area contributed by atoms with Crippen molar-refractivity contribution in [2.45, 2.75) is 32.8 Å². The molecule has 23 heavy (non-hydrogen) atoms. The Bertz CT molecular complexity index is 721. The molecule has 1 N–H and O–H groups in total. The first kappa shape index (κ1) is 16.6. The largest absolute Gasteiger partial charge is 0.489 e. The van der Waals surface area contributed by atoms with Crippen molar-refractivity contribution in [3.8, 4) is 17.6 Å². The van der Waals surface area contributed by atoms with E-state index < -0.39 is 5.97 Å². The first-order valence-corrected chi connectivity index (χ1v) is 7.51. The predicted octanol–water partition coefficient (Wildman–Crippen LogP) is 4.16. The molecule has 1 atom stereocenters. The number of carboxylic acid groups (broad SMARTS) is 1. The molecule has 3 heteroatoms. The second-order valence-corrected chi connectivity index (χ2v) is 5.33. The van der Waals surface area contributed by atoms with Crippen LogP contribution in [0, 0.1) is 18.8 Å². The lowest BCUT2D eigenvalue weighted by molar-refractivity contribution is -0.137. The van der Waals surface area contributed by atoms with Gasteiger partial charge in [-0.05, 0) is 42.7 Å². The van der Waals surface area contributed by atoms with Gasteiger partial charge in [-0.25, -0.2) is 0 Å². The van der Waals surface area contributed by atoms with Gasteiger partial charge in [-0.1, -0.05) is 42.3 Å². The van der Waals surface area contributed by atoms with Gasteiger partial charge in [0, 0.05) is 0 Å². The molecule has 0 spiro atoms. The van der Waals surface area contributed by atoms with Crippen LogP contribution in [0.25, 0.3) is 0 Å². The van der Waals surface area contributed by atoms with Crippen molar-refractivity contribution in [2.75, 3.05) is 0 Å². The molecule has 0 fully saturated rings. The fraction of sp³-hybridized carbons (Fsp3) is 0.250. The number of aryl methyl sites for hydroxylation is 1. The maximum Gasteiger partial charge on any atom is 0.304 e. The van der Waals surface area contributed by atoms with E-state index in [9.17, 15) is 4.79 Å². The van der Waals surface area contributed by atoms with E-state index in [0.29, 0.717) is 6.61 Å². The number of aliphatic carboxylic acids is 1. The van der Waals surface area contributed by atoms with E-state index in [1.54, 1.807) is 6.92 Å². The van der Waals surface area contributed by atoms with Crippen LogP contribution in [0.3, 0.4) is 0 Å². The van der Waals surface area contributed by atoms with Gasteiger partial charge in [-0.15, -0.1) is 5.92 Å². The van der Waals surface area contributed by atoms with E-state index in [2.05, 4.69) is 24.8 Å². The molecular weight excluding hydrogens is 288 g/mol. The molecule has 0 amide bonds. The monoisotopic (exact) mass is 308 g/mol. The fourth-order valence-electron chi connectivity index (χ4n) is 2.33. The predicted molar refractivity (Wildman–Crippen MR) is 90.4 cm³/mol. The molecule has 2 aromatic carbocycles. The Hall–Kier alpha value is -2.73. The smallest absolute Gasteiger partial charge is 0.304 e. The molecule has 3 nitrogen and oxygen atoms in total. The molecule has 0 saturated heterocycles. The van der Waals surface area contributed by atoms with Gasteiger partial charge in [0.2, 0.25) is 0 Å². The van der Waals surface area contributed by atoms with Crippen LogP contribution in [-0.2, 0) is 11.4 Å². The summed E-state index contributed by atoms with van der Waals surface area (Å²) in [6.07, 6.45) is 0.00422. The molecule has 0 aliphatic rings. The van der Waals surface area contributed by atoms with Gasteiger partial charge in [0.15, 0.2) is 0 Å². The third kappa shape index (κ3) is 4.89. The molecule has 0 aliphatic carbocycles. The molecule has 2 rings (SSSR count). The zero-order valence-electron chi connectivity index (χ0n) is 13.4. The minimum Gasteiger partial charge on any atom is -0.489 e. The van der Waals surface area contributed by atoms with Crippen molar-refractivity contribution < 1.29 is 14.6 Å². The zero-order chi connectivity index (χ0) is 16.7. The van der Waals surface area contributed by atoms with Crippen LogP contribution in [0.15, 0.2) is 48.5 Å². The quantitative estimate of drug-likeness (QED) is 0.815. The zero-order valence-corrected chi connectivity index (χ0v) is 13.4. The third-order valence-electron chi connectivity index (χ3n) is 3.64. The summed E-state index contributed by atoms with van der Waals surface area (Å²) in [5.41, 5.74) is 3.24. The number of hydrogen-bond acceptors (Lipinski definition) is 2. The van der Waals surface area contributed by atoms with Crippen LogP contribution in [0.2, 0.25) is 0 Å². The molecule has 0 bridgehead atoms. The van der Waals surface area contributed by atoms with E-state index in [4.69, 9.17) is 9.84 Å². The van der Waals surface area contributed by atoms with Gasteiger partial charge in [0.25, 0.3) is 0 Å². The number of benzene rings is 2. The molecule has 0 radical (unpaired) electrons. The average molecular weight is 308 g/mol. The van der Waals surface area contributed by atoms with Crippen LogP contribution in [0.1, 0.15) is 36.0 Å². The second-order valence-electron chi connectivity index (χ2n) is 5.33. The Morgan fingerprint density at radius 1 is 1.17 bits per heavy atom. The van der Waals surface area contributed by atoms with Gasteiger partial charge < -0.3 is 9.84 Å². The van der Waals surface area contributed by atoms with Crippen LogP contribution < -0.4 is 4.74 Å². The van der Waals surface area contributed by atoms with E-state index in [-0.39, 0.29) is 12.3 Å². The number of hydrogen-bond donors (Lipinski definition) is 1. The lowest BCUT2D eigenvalue weighted by Gasteiger charge is -2.11. The maximum atomic E-state index is 10.9. The summed E-state index contributed by atoms with van der Waals surface area (Å²) in [6.45, 7) is 4.29. The lowest BCUT2D eigenvalue weighted by atomic mass is 9.96. The Morgan fingerprint density at radius 3 is 2.48 bits per heavy atom. The summed E-state index contributed by atoms with van der Waals surface area (Å²) in [5.74, 6) is 5.36. The minimum atomic E-state index is -0.849. The molecule has 1 unspecified atom stereocenters. The molecule has 0 saturated carbocycles. The van der Waals surface area contributed by atoms with Gasteiger partial charge >= 0.3 is 5.97 Å². The lowest BCUT2D eigenvalue weighted by Crippen LogP contribution is -2.04. The van der Waals surface area contributed by atoms with Crippen molar-refractivity contribution in [3.63, 3.8) is 0 Å². The minimum absolute atomic E-state index is 0.00422. The van der Waals surface area contributed by atoms with Crippen molar-refractivity contribution >= 4 is 5.97 Å². The number of ether oxygens (including phenoxy) is 1. The van der Waals surface area contributed by atoms with Gasteiger partial charge in [0.05, 0.1) is 12.3 Å². The highest BCUT2D eigenvalue weighted by Crippen LogP contribution is 2.23. The Kier molecular flexibility index (Phi) is 5.82. The maximum absolute atomic E-state index is 10.9. The first-order valence-electron chi connectivity index (χ1n) is 7.51. The van der Waals surface area contributed by atoms with E-state index >= 15 is 0 Å². The van der Waals surface area contributed by atoms with Crippen molar-refractivity contribution in [1.29, 1.82) is 0 Å². The highest BCUT2D eigenvalue weighted by atomic mass is 16.5. The highest BCUT2D eigenvalue weighted by Gasteiger charge is 2.13. The van der Waals surface area contributed by atoms with Gasteiger partial charge in [-0.3, -0.25) is 4.79 Å². The fourth-order valence-corrected chi connectivity index (χ4v) is 2.33. The summed E-state index contributed by atoms with van der Waals surface area (Å²) < 4.78 is 5.80. The molecule has 0 aromatic heterocycles. The summed E-state index contributed by atoms with van der Waals surface area (Å²) >= 11 is 0. The Labute approximate surface area is 136 Å². The molecule has 0 heterocycles. The van der Waals surface area contributed by atoms with Crippen molar-refractivity contribution in [1.82, 2.24) is 0 Å². The SMILES string of the molecule is CC#CC(CC(=O)O)c1ccc(OCc2ccccc2C)cc1. The standard InChI is InChI=1S/C20H20O3/c1-3-6-17(13-20(21)22)16-9-11-19(12-10-16)23-14-18-8-5-4-7-15(18)2/h4-5,7-12,17H,13-14H2,1-2H3,(H,21,22). The normalized spacial score (nSPS) is 11.2. The Morgan fingerprint density at radius 2 is 1.87 bits per heavy atom. The van der Waals surface area contributed by atoms with E-state index in [1.165, 1.54) is 5.56 Å². The average Bonchev–Trinajstić information content (AvgIpc) is 2.54. The summed E-state index contributed by atoms with van der Waals surface area (Å²) in [5, 5.41) is 8.97. The molecule has 0 aliphatic heterocycles. The molecule has 2 aromatic rings. The van der Waals surface area contributed by atoms with Crippen LogP contribution in [0.4, 0.5) is 0 Å². The number of rotatable bonds is 6. The number of carbonyl (C=O) groups is 1. The second kappa shape index (κ2) is 8.05. The number of carboxylic acids is 1. The van der Waals surface area contributed by atoms with Crippen molar-refractivity contribution in [2.24, 2.45) is 0 Å². The Balaban J connectivity index is 2.04. The van der Waals surface area contributed by atoms with Crippen LogP contribution >= 0.6 is 0 Å². The first-order chi connectivity index (χ1) is 11.1. The van der Waals surface area contributed by atoms with E-state index in [0.717, 1.165) is 16.9 Å². The van der Waals surface area contributed by atoms with Gasteiger partial charge in [-0.2, -0.15) is 0 Å². The summed E-state index contributed by atoms with van der Waals surface area (Å²) in [7, 11) is 0. The third-order valence-corrected chi connectivity index (χ3v) is 3.64. The van der Waals surface area contributed by atoms with E-state index in [1.807, 2.05) is 42.5 Å².